The molecular weight excluding hydrogens is 300 g/mol. The third kappa shape index (κ3) is 3.65. The molecule has 3 rings (SSSR count). The molecule has 1 unspecified atom stereocenters. The van der Waals surface area contributed by atoms with Crippen LogP contribution in [-0.2, 0) is 16.0 Å². The van der Waals surface area contributed by atoms with Crippen molar-refractivity contribution in [3.05, 3.63) is 42.0 Å². The van der Waals surface area contributed by atoms with Gasteiger partial charge in [0.15, 0.2) is 5.82 Å². The van der Waals surface area contributed by atoms with E-state index in [-0.39, 0.29) is 18.9 Å². The molecule has 8 nitrogen and oxygen atoms in total. The van der Waals surface area contributed by atoms with E-state index in [2.05, 4.69) is 15.5 Å². The summed E-state index contributed by atoms with van der Waals surface area (Å²) in [5.41, 5.74) is 0.772. The molecule has 1 aromatic heterocycles. The molecule has 0 spiro atoms. The van der Waals surface area contributed by atoms with Gasteiger partial charge < -0.3 is 14.6 Å². The van der Waals surface area contributed by atoms with Crippen LogP contribution in [0.1, 0.15) is 11.7 Å². The Bertz CT molecular complexity index is 701. The third-order valence-corrected chi connectivity index (χ3v) is 3.36. The lowest BCUT2D eigenvalue weighted by atomic mass is 10.2. The predicted octanol–water partition coefficient (Wildman–Crippen LogP) is 1.06. The molecule has 1 aliphatic rings. The minimum atomic E-state index is -0.413. The van der Waals surface area contributed by atoms with Gasteiger partial charge in [-0.1, -0.05) is 23.4 Å². The van der Waals surface area contributed by atoms with Gasteiger partial charge >= 0.3 is 6.09 Å². The highest BCUT2D eigenvalue weighted by atomic mass is 16.6. The van der Waals surface area contributed by atoms with Gasteiger partial charge in [0.2, 0.25) is 11.8 Å². The first-order chi connectivity index (χ1) is 11.1. The van der Waals surface area contributed by atoms with Gasteiger partial charge in [-0.2, -0.15) is 4.98 Å². The summed E-state index contributed by atoms with van der Waals surface area (Å²) in [6.07, 6.45) is -0.775. The molecule has 1 aliphatic heterocycles. The van der Waals surface area contributed by atoms with Crippen LogP contribution < -0.4 is 10.2 Å². The van der Waals surface area contributed by atoms with Crippen LogP contribution in [0, 0.1) is 6.92 Å². The first kappa shape index (κ1) is 15.0. The molecule has 0 radical (unpaired) electrons. The lowest BCUT2D eigenvalue weighted by Crippen LogP contribution is -2.35. The van der Waals surface area contributed by atoms with E-state index in [1.54, 1.807) is 11.8 Å². The van der Waals surface area contributed by atoms with Gasteiger partial charge in [-0.15, -0.1) is 0 Å². The Morgan fingerprint density at radius 3 is 2.87 bits per heavy atom. The number of carbonyl (C=O) groups excluding carboxylic acids is 2. The number of hydrogen-bond acceptors (Lipinski definition) is 6. The number of hydrogen-bond donors (Lipinski definition) is 1. The van der Waals surface area contributed by atoms with Crippen LogP contribution in [0.4, 0.5) is 10.5 Å². The Balaban J connectivity index is 1.50. The SMILES string of the molecule is Cc1nc(CC(=O)NCC2CN(c3ccccc3)C(=O)O2)no1. The molecule has 0 saturated carbocycles. The molecule has 1 N–H and O–H groups in total. The van der Waals surface area contributed by atoms with Crippen LogP contribution in [-0.4, -0.2) is 41.3 Å². The van der Waals surface area contributed by atoms with Crippen molar-refractivity contribution in [1.29, 1.82) is 0 Å². The number of aryl methyl sites for hydroxylation is 1. The van der Waals surface area contributed by atoms with Crippen LogP contribution in [0.5, 0.6) is 0 Å². The standard InChI is InChI=1S/C15H16N4O4/c1-10-17-13(18-23-10)7-14(20)16-8-12-9-19(15(21)22-12)11-5-3-2-4-6-11/h2-6,12H,7-9H2,1H3,(H,16,20). The number of nitrogens with one attached hydrogen (secondary N) is 1. The zero-order chi connectivity index (χ0) is 16.2. The van der Waals surface area contributed by atoms with Gasteiger partial charge in [-0.25, -0.2) is 4.79 Å². The third-order valence-electron chi connectivity index (χ3n) is 3.36. The zero-order valence-corrected chi connectivity index (χ0v) is 12.6. The normalized spacial score (nSPS) is 17.2. The largest absolute Gasteiger partial charge is 0.442 e. The molecule has 1 atom stereocenters. The van der Waals surface area contributed by atoms with Gasteiger partial charge in [0.1, 0.15) is 6.10 Å². The smallest absolute Gasteiger partial charge is 0.414 e. The van der Waals surface area contributed by atoms with Crippen molar-refractivity contribution in [1.82, 2.24) is 15.5 Å². The summed E-state index contributed by atoms with van der Waals surface area (Å²) in [5, 5.41) is 6.37. The predicted molar refractivity (Wildman–Crippen MR) is 79.8 cm³/mol. The van der Waals surface area contributed by atoms with Gasteiger partial charge in [0.05, 0.1) is 19.5 Å². The lowest BCUT2D eigenvalue weighted by molar-refractivity contribution is -0.120. The average Bonchev–Trinajstić information content (AvgIpc) is 3.12. The molecule has 8 heteroatoms. The number of aromatic nitrogens is 2. The zero-order valence-electron chi connectivity index (χ0n) is 12.6. The fourth-order valence-corrected chi connectivity index (χ4v) is 2.29. The maximum absolute atomic E-state index is 11.9. The lowest BCUT2D eigenvalue weighted by Gasteiger charge is -2.12. The molecule has 2 heterocycles. The highest BCUT2D eigenvalue weighted by Gasteiger charge is 2.32. The van der Waals surface area contributed by atoms with Crippen LogP contribution in [0.25, 0.3) is 0 Å². The van der Waals surface area contributed by atoms with Gasteiger partial charge in [0.25, 0.3) is 0 Å². The highest BCUT2D eigenvalue weighted by molar-refractivity contribution is 5.89. The van der Waals surface area contributed by atoms with Crippen LogP contribution >= 0.6 is 0 Å². The maximum atomic E-state index is 11.9. The Morgan fingerprint density at radius 1 is 1.39 bits per heavy atom. The van der Waals surface area contributed by atoms with Crippen molar-refractivity contribution < 1.29 is 18.8 Å². The van der Waals surface area contributed by atoms with E-state index in [4.69, 9.17) is 9.26 Å². The quantitative estimate of drug-likeness (QED) is 0.886. The van der Waals surface area contributed by atoms with Gasteiger partial charge in [0, 0.05) is 12.6 Å². The van der Waals surface area contributed by atoms with Crippen molar-refractivity contribution in [2.45, 2.75) is 19.4 Å². The molecule has 23 heavy (non-hydrogen) atoms. The second-order valence-corrected chi connectivity index (χ2v) is 5.16. The number of benzene rings is 1. The second kappa shape index (κ2) is 6.47. The monoisotopic (exact) mass is 316 g/mol. The molecular formula is C15H16N4O4. The summed E-state index contributed by atoms with van der Waals surface area (Å²) in [6.45, 7) is 2.29. The van der Waals surface area contributed by atoms with E-state index in [1.165, 1.54) is 0 Å². The topological polar surface area (TPSA) is 97.6 Å². The molecule has 2 amide bonds. The van der Waals surface area contributed by atoms with Crippen molar-refractivity contribution in [2.75, 3.05) is 18.0 Å². The Hall–Kier alpha value is -2.90. The van der Waals surface area contributed by atoms with Crippen LogP contribution in [0.3, 0.4) is 0 Å². The number of nitrogens with zero attached hydrogens (tertiary/aromatic N) is 3. The number of cyclic esters (lactones) is 1. The van der Waals surface area contributed by atoms with Gasteiger partial charge in [-0.05, 0) is 12.1 Å². The van der Waals surface area contributed by atoms with E-state index in [9.17, 15) is 9.59 Å². The minimum absolute atomic E-state index is 0.0282. The van der Waals surface area contributed by atoms with Crippen molar-refractivity contribution in [2.24, 2.45) is 0 Å². The van der Waals surface area contributed by atoms with E-state index in [0.717, 1.165) is 5.69 Å². The van der Waals surface area contributed by atoms with E-state index in [0.29, 0.717) is 18.3 Å². The molecule has 1 saturated heterocycles. The van der Waals surface area contributed by atoms with Crippen LogP contribution in [0.2, 0.25) is 0 Å². The molecule has 0 bridgehead atoms. The molecule has 120 valence electrons. The number of anilines is 1. The fraction of sp³-hybridized carbons (Fsp3) is 0.333. The van der Waals surface area contributed by atoms with E-state index in [1.807, 2.05) is 30.3 Å². The first-order valence-corrected chi connectivity index (χ1v) is 7.21. The summed E-state index contributed by atoms with van der Waals surface area (Å²) in [5.74, 6) is 0.491. The molecule has 0 aliphatic carbocycles. The minimum Gasteiger partial charge on any atom is -0.442 e. The maximum Gasteiger partial charge on any atom is 0.414 e. The van der Waals surface area contributed by atoms with E-state index < -0.39 is 12.2 Å². The highest BCUT2D eigenvalue weighted by Crippen LogP contribution is 2.20. The molecule has 2 aromatic rings. The number of rotatable bonds is 5. The molecule has 1 aromatic carbocycles. The number of para-hydroxylation sites is 1. The number of carbonyl (C=O) groups is 2. The fourth-order valence-electron chi connectivity index (χ4n) is 2.29. The van der Waals surface area contributed by atoms with Crippen LogP contribution in [0.15, 0.2) is 34.9 Å². The Kier molecular flexibility index (Phi) is 4.22. The summed E-state index contributed by atoms with van der Waals surface area (Å²) in [6, 6.07) is 9.25. The average molecular weight is 316 g/mol. The summed E-state index contributed by atoms with van der Waals surface area (Å²) in [7, 11) is 0. The number of amides is 2. The summed E-state index contributed by atoms with van der Waals surface area (Å²) >= 11 is 0. The van der Waals surface area contributed by atoms with E-state index >= 15 is 0 Å². The number of ether oxygens (including phenoxy) is 1. The van der Waals surface area contributed by atoms with Crippen molar-refractivity contribution in [3.63, 3.8) is 0 Å². The first-order valence-electron chi connectivity index (χ1n) is 7.21. The molecule has 1 fully saturated rings. The van der Waals surface area contributed by atoms with Crippen molar-refractivity contribution in [3.8, 4) is 0 Å². The van der Waals surface area contributed by atoms with Gasteiger partial charge in [-0.3, -0.25) is 9.69 Å². The Labute approximate surface area is 132 Å². The second-order valence-electron chi connectivity index (χ2n) is 5.16. The van der Waals surface area contributed by atoms with Crippen molar-refractivity contribution >= 4 is 17.7 Å². The Morgan fingerprint density at radius 2 is 2.17 bits per heavy atom. The summed E-state index contributed by atoms with van der Waals surface area (Å²) < 4.78 is 10.1. The summed E-state index contributed by atoms with van der Waals surface area (Å²) in [4.78, 5) is 29.2.